The largest absolute Gasteiger partial charge is 0.463 e. The summed E-state index contributed by atoms with van der Waals surface area (Å²) in [6, 6.07) is 11.5. The number of carbonyl (C=O) groups excluding carboxylic acids is 2. The molecule has 0 bridgehead atoms. The Morgan fingerprint density at radius 1 is 1.21 bits per heavy atom. The van der Waals surface area contributed by atoms with Crippen LogP contribution in [0.5, 0.6) is 0 Å². The zero-order valence-corrected chi connectivity index (χ0v) is 17.5. The molecule has 1 aromatic heterocycles. The third kappa shape index (κ3) is 4.54. The van der Waals surface area contributed by atoms with E-state index in [0.717, 1.165) is 42.0 Å². The maximum absolute atomic E-state index is 13.1. The molecule has 0 spiro atoms. The minimum Gasteiger partial charge on any atom is -0.463 e. The van der Waals surface area contributed by atoms with Crippen molar-refractivity contribution < 1.29 is 19.1 Å². The molecule has 2 aliphatic heterocycles. The second kappa shape index (κ2) is 9.09. The van der Waals surface area contributed by atoms with Crippen LogP contribution in [0.1, 0.15) is 48.6 Å². The van der Waals surface area contributed by atoms with E-state index >= 15 is 0 Å². The average molecular weight is 414 g/mol. The normalized spacial score (nSPS) is 25.1. The predicted molar refractivity (Wildman–Crippen MR) is 113 cm³/mol. The van der Waals surface area contributed by atoms with Crippen LogP contribution in [0.2, 0.25) is 0 Å². The van der Waals surface area contributed by atoms with Crippen molar-refractivity contribution in [3.05, 3.63) is 52.2 Å². The van der Waals surface area contributed by atoms with Gasteiger partial charge in [-0.3, -0.25) is 9.59 Å². The molecule has 3 heterocycles. The van der Waals surface area contributed by atoms with E-state index in [-0.39, 0.29) is 29.9 Å². The lowest BCUT2D eigenvalue weighted by Gasteiger charge is -2.39. The molecule has 0 radical (unpaired) electrons. The van der Waals surface area contributed by atoms with Gasteiger partial charge in [0.05, 0.1) is 18.1 Å². The van der Waals surface area contributed by atoms with Crippen molar-refractivity contribution in [1.29, 1.82) is 0 Å². The number of nitrogens with zero attached hydrogens (tertiary/aromatic N) is 1. The van der Waals surface area contributed by atoms with Gasteiger partial charge < -0.3 is 14.4 Å². The molecule has 2 aliphatic rings. The predicted octanol–water partition coefficient (Wildman–Crippen LogP) is 4.65. The zero-order chi connectivity index (χ0) is 20.2. The molecule has 4 rings (SSSR count). The molecule has 0 unspecified atom stereocenters. The molecule has 0 aliphatic carbocycles. The monoisotopic (exact) mass is 413 g/mol. The van der Waals surface area contributed by atoms with Crippen LogP contribution < -0.4 is 4.90 Å². The lowest BCUT2D eigenvalue weighted by atomic mass is 9.87. The van der Waals surface area contributed by atoms with Gasteiger partial charge in [0, 0.05) is 23.6 Å². The summed E-state index contributed by atoms with van der Waals surface area (Å²) in [6.07, 6.45) is 3.95. The summed E-state index contributed by atoms with van der Waals surface area (Å²) in [6.45, 7) is 3.05. The van der Waals surface area contributed by atoms with Gasteiger partial charge in [0.1, 0.15) is 6.61 Å². The fourth-order valence-electron chi connectivity index (χ4n) is 4.16. The van der Waals surface area contributed by atoms with Crippen LogP contribution in [-0.2, 0) is 19.1 Å². The average Bonchev–Trinajstić information content (AvgIpc) is 3.28. The fraction of sp³-hybridized carbons (Fsp3) is 0.478. The first-order chi connectivity index (χ1) is 14.1. The minimum absolute atomic E-state index is 0.00804. The van der Waals surface area contributed by atoms with Crippen molar-refractivity contribution in [2.75, 3.05) is 18.1 Å². The maximum atomic E-state index is 13.1. The van der Waals surface area contributed by atoms with Crippen LogP contribution in [-0.4, -0.2) is 31.2 Å². The number of carbonyl (C=O) groups is 2. The smallest absolute Gasteiger partial charge is 0.311 e. The molecule has 2 aromatic rings. The molecule has 3 atom stereocenters. The number of benzene rings is 1. The molecule has 29 heavy (non-hydrogen) atoms. The fourth-order valence-corrected chi connectivity index (χ4v) is 5.04. The summed E-state index contributed by atoms with van der Waals surface area (Å²) in [7, 11) is 0. The van der Waals surface area contributed by atoms with Gasteiger partial charge in [0.2, 0.25) is 5.91 Å². The number of rotatable bonds is 5. The summed E-state index contributed by atoms with van der Waals surface area (Å²) < 4.78 is 11.4. The lowest BCUT2D eigenvalue weighted by Crippen LogP contribution is -2.46. The molecule has 2 saturated heterocycles. The summed E-state index contributed by atoms with van der Waals surface area (Å²) >= 11 is 1.57. The maximum Gasteiger partial charge on any atom is 0.311 e. The van der Waals surface area contributed by atoms with E-state index in [0.29, 0.717) is 19.4 Å². The number of hydrogen-bond donors (Lipinski definition) is 0. The molecule has 0 N–H and O–H groups in total. The van der Waals surface area contributed by atoms with Gasteiger partial charge in [-0.05, 0) is 56.2 Å². The number of amides is 1. The number of thiophene rings is 1. The number of ether oxygens (including phenoxy) is 2. The quantitative estimate of drug-likeness (QED) is 0.670. The van der Waals surface area contributed by atoms with E-state index in [1.54, 1.807) is 16.2 Å². The zero-order valence-electron chi connectivity index (χ0n) is 16.7. The Hall–Kier alpha value is -2.18. The van der Waals surface area contributed by atoms with Crippen LogP contribution in [0.25, 0.3) is 0 Å². The number of piperidine rings is 1. The highest BCUT2D eigenvalue weighted by Crippen LogP contribution is 2.42. The van der Waals surface area contributed by atoms with Crippen LogP contribution >= 0.6 is 11.3 Å². The van der Waals surface area contributed by atoms with E-state index < -0.39 is 0 Å². The Morgan fingerprint density at radius 2 is 2.03 bits per heavy atom. The summed E-state index contributed by atoms with van der Waals surface area (Å²) in [4.78, 5) is 28.8. The van der Waals surface area contributed by atoms with Crippen LogP contribution in [0.3, 0.4) is 0 Å². The Morgan fingerprint density at radius 3 is 2.72 bits per heavy atom. The Kier molecular flexibility index (Phi) is 6.31. The first kappa shape index (κ1) is 20.1. The number of anilines is 1. The minimum atomic E-state index is -0.378. The molecule has 0 saturated carbocycles. The summed E-state index contributed by atoms with van der Waals surface area (Å²) in [5.74, 6) is -0.564. The molecule has 5 nitrogen and oxygen atoms in total. The molecular formula is C23H27NO4S. The number of esters is 1. The van der Waals surface area contributed by atoms with Gasteiger partial charge >= 0.3 is 5.97 Å². The second-order valence-electron chi connectivity index (χ2n) is 7.82. The van der Waals surface area contributed by atoms with Crippen molar-refractivity contribution in [3.8, 4) is 0 Å². The third-order valence-corrected chi connectivity index (χ3v) is 6.68. The van der Waals surface area contributed by atoms with E-state index in [9.17, 15) is 9.59 Å². The first-order valence-corrected chi connectivity index (χ1v) is 11.2. The lowest BCUT2D eigenvalue weighted by molar-refractivity contribution is -0.156. The SMILES string of the molecule is Cc1ccc(N2C(=O)CC[C@@H](C(=O)OC[C@H]3CCCCO3)[C@@H]2c2cccs2)cc1. The second-order valence-corrected chi connectivity index (χ2v) is 8.80. The summed E-state index contributed by atoms with van der Waals surface area (Å²) in [5, 5.41) is 1.99. The van der Waals surface area contributed by atoms with Gasteiger partial charge in [0.25, 0.3) is 0 Å². The van der Waals surface area contributed by atoms with Crippen LogP contribution in [0.15, 0.2) is 41.8 Å². The van der Waals surface area contributed by atoms with Gasteiger partial charge in [-0.25, -0.2) is 0 Å². The number of hydrogen-bond acceptors (Lipinski definition) is 5. The highest BCUT2D eigenvalue weighted by atomic mass is 32.1. The molecule has 6 heteroatoms. The Bertz CT molecular complexity index is 827. The molecular weight excluding hydrogens is 386 g/mol. The highest BCUT2D eigenvalue weighted by molar-refractivity contribution is 7.10. The Labute approximate surface area is 175 Å². The van der Waals surface area contributed by atoms with E-state index in [1.165, 1.54) is 0 Å². The van der Waals surface area contributed by atoms with Crippen molar-refractivity contribution in [2.45, 2.75) is 51.2 Å². The molecule has 1 aromatic carbocycles. The summed E-state index contributed by atoms with van der Waals surface area (Å²) in [5.41, 5.74) is 1.96. The Balaban J connectivity index is 1.57. The third-order valence-electron chi connectivity index (χ3n) is 5.73. The van der Waals surface area contributed by atoms with E-state index in [2.05, 4.69) is 0 Å². The molecule has 1 amide bonds. The van der Waals surface area contributed by atoms with Gasteiger partial charge in [-0.1, -0.05) is 23.8 Å². The van der Waals surface area contributed by atoms with E-state index in [1.807, 2.05) is 48.7 Å². The van der Waals surface area contributed by atoms with Crippen molar-refractivity contribution in [3.63, 3.8) is 0 Å². The van der Waals surface area contributed by atoms with Crippen LogP contribution in [0, 0.1) is 12.8 Å². The standard InChI is InChI=1S/C23H27NO4S/c1-16-7-9-17(10-8-16)24-21(25)12-11-19(22(24)20-6-4-14-29-20)23(26)28-15-18-5-2-3-13-27-18/h4,6-10,14,18-19,22H,2-3,5,11-13,15H2,1H3/t18-,19-,22-/m1/s1. The van der Waals surface area contributed by atoms with Crippen molar-refractivity contribution >= 4 is 28.9 Å². The number of aryl methyl sites for hydroxylation is 1. The topological polar surface area (TPSA) is 55.8 Å². The first-order valence-electron chi connectivity index (χ1n) is 10.3. The van der Waals surface area contributed by atoms with E-state index in [4.69, 9.17) is 9.47 Å². The van der Waals surface area contributed by atoms with Gasteiger partial charge in [0.15, 0.2) is 0 Å². The highest BCUT2D eigenvalue weighted by Gasteiger charge is 2.43. The van der Waals surface area contributed by atoms with Gasteiger partial charge in [-0.2, -0.15) is 0 Å². The van der Waals surface area contributed by atoms with Crippen LogP contribution in [0.4, 0.5) is 5.69 Å². The van der Waals surface area contributed by atoms with Gasteiger partial charge in [-0.15, -0.1) is 11.3 Å². The van der Waals surface area contributed by atoms with Crippen molar-refractivity contribution in [2.24, 2.45) is 5.92 Å². The molecule has 154 valence electrons. The van der Waals surface area contributed by atoms with Crippen molar-refractivity contribution in [1.82, 2.24) is 0 Å². The molecule has 2 fully saturated rings.